The van der Waals surface area contributed by atoms with Crippen molar-refractivity contribution in [3.05, 3.63) is 22.8 Å². The van der Waals surface area contributed by atoms with Crippen LogP contribution in [0.15, 0.2) is 22.8 Å². The lowest BCUT2D eigenvalue weighted by atomic mass is 10.0. The van der Waals surface area contributed by atoms with E-state index in [-0.39, 0.29) is 44.6 Å². The Morgan fingerprint density at radius 2 is 1.00 bits per heavy atom. The van der Waals surface area contributed by atoms with Crippen molar-refractivity contribution in [1.29, 1.82) is 0 Å². The van der Waals surface area contributed by atoms with E-state index in [1.54, 1.807) is 11.1 Å². The normalized spacial score (nSPS) is 10.8. The van der Waals surface area contributed by atoms with Crippen LogP contribution in [-0.2, 0) is 0 Å². The van der Waals surface area contributed by atoms with Gasteiger partial charge in [0.15, 0.2) is 0 Å². The van der Waals surface area contributed by atoms with Gasteiger partial charge in [-0.3, -0.25) is 0 Å². The van der Waals surface area contributed by atoms with Crippen molar-refractivity contribution in [2.45, 2.75) is 119 Å². The quantitative estimate of drug-likeness (QED) is 0.452. The number of hydrogen-bond acceptors (Lipinski definition) is 0. The van der Waals surface area contributed by atoms with Gasteiger partial charge in [-0.25, -0.2) is 0 Å². The van der Waals surface area contributed by atoms with Crippen LogP contribution in [0.2, 0.25) is 0 Å². The van der Waals surface area contributed by atoms with Crippen molar-refractivity contribution in [2.24, 2.45) is 5.92 Å². The maximum Gasteiger partial charge on any atom is -0.0237 e. The molecule has 0 aliphatic carbocycles. The van der Waals surface area contributed by atoms with Crippen molar-refractivity contribution in [2.75, 3.05) is 0 Å². The van der Waals surface area contributed by atoms with Gasteiger partial charge in [-0.2, -0.15) is 0 Å². The molecule has 1 atom stereocenters. The predicted molar refractivity (Wildman–Crippen MR) is 118 cm³/mol. The Balaban J connectivity index is -0.0000000233. The molecule has 0 aromatic carbocycles. The molecular weight excluding hydrogens is 264 g/mol. The number of hydrogen-bond donors (Lipinski definition) is 0. The lowest BCUT2D eigenvalue weighted by molar-refractivity contribution is 0.654. The third-order valence-electron chi connectivity index (χ3n) is 3.63. The first-order valence-electron chi connectivity index (χ1n) is 6.72. The zero-order valence-corrected chi connectivity index (χ0v) is 12.8. The molecule has 0 bridgehead atoms. The minimum absolute atomic E-state index is 0. The van der Waals surface area contributed by atoms with Gasteiger partial charge in [0.25, 0.3) is 0 Å². The van der Waals surface area contributed by atoms with Crippen molar-refractivity contribution < 1.29 is 0 Å². The van der Waals surface area contributed by atoms with Crippen LogP contribution in [0.3, 0.4) is 0 Å². The van der Waals surface area contributed by atoms with E-state index in [2.05, 4.69) is 61.5 Å². The lowest BCUT2D eigenvalue weighted by Crippen LogP contribution is -1.91. The van der Waals surface area contributed by atoms with E-state index < -0.39 is 0 Å². The Kier molecular flexibility index (Phi) is 73.1. The standard InChI is InChI=1S/2C8H16.6CH4/c2*1-5-7(3)8(4)6-2;;;;;;/h5-6H2,1-4H3;5,8H,6H2,1-4H3;6*1H4/b8-7-;7-5-;;;;;;. The highest BCUT2D eigenvalue weighted by Crippen LogP contribution is 2.11. The molecule has 0 aliphatic rings. The topological polar surface area (TPSA) is 0 Å². The Morgan fingerprint density at radius 1 is 0.727 bits per heavy atom. The van der Waals surface area contributed by atoms with E-state index in [9.17, 15) is 0 Å². The van der Waals surface area contributed by atoms with Crippen LogP contribution in [0.4, 0.5) is 0 Å². The van der Waals surface area contributed by atoms with Crippen molar-refractivity contribution in [1.82, 2.24) is 0 Å². The summed E-state index contributed by atoms with van der Waals surface area (Å²) in [5.41, 5.74) is 4.60. The summed E-state index contributed by atoms with van der Waals surface area (Å²) in [5, 5.41) is 0. The van der Waals surface area contributed by atoms with E-state index >= 15 is 0 Å². The third kappa shape index (κ3) is 27.8. The highest BCUT2D eigenvalue weighted by molar-refractivity contribution is 5.07. The smallest absolute Gasteiger partial charge is 0.0237 e. The summed E-state index contributed by atoms with van der Waals surface area (Å²) in [7, 11) is 0. The largest absolute Gasteiger partial charge is 0.0885 e. The summed E-state index contributed by atoms with van der Waals surface area (Å²) in [6, 6.07) is 0. The summed E-state index contributed by atoms with van der Waals surface area (Å²) in [6.45, 7) is 17.6. The fourth-order valence-electron chi connectivity index (χ4n) is 1.21. The molecule has 0 rings (SSSR count). The molecule has 0 saturated carbocycles. The molecule has 0 aliphatic heterocycles. The van der Waals surface area contributed by atoms with Crippen LogP contribution < -0.4 is 0 Å². The van der Waals surface area contributed by atoms with Gasteiger partial charge < -0.3 is 0 Å². The molecule has 0 heterocycles. The number of rotatable bonds is 4. The van der Waals surface area contributed by atoms with Gasteiger partial charge >= 0.3 is 0 Å². The van der Waals surface area contributed by atoms with Crippen LogP contribution >= 0.6 is 0 Å². The van der Waals surface area contributed by atoms with Crippen LogP contribution in [0.5, 0.6) is 0 Å². The highest BCUT2D eigenvalue weighted by Gasteiger charge is 1.96. The number of allylic oxidation sites excluding steroid dienone is 4. The fraction of sp³-hybridized carbons (Fsp3) is 0.818. The Hall–Kier alpha value is -0.520. The second-order valence-electron chi connectivity index (χ2n) is 4.61. The minimum atomic E-state index is 0. The van der Waals surface area contributed by atoms with Gasteiger partial charge in [0, 0.05) is 0 Å². The molecule has 0 nitrogen and oxygen atoms in total. The second-order valence-corrected chi connectivity index (χ2v) is 4.61. The van der Waals surface area contributed by atoms with Crippen LogP contribution in [0.25, 0.3) is 0 Å². The van der Waals surface area contributed by atoms with Gasteiger partial charge in [0.05, 0.1) is 0 Å². The lowest BCUT2D eigenvalue weighted by Gasteiger charge is -2.06. The molecule has 0 radical (unpaired) electrons. The third-order valence-corrected chi connectivity index (χ3v) is 3.63. The van der Waals surface area contributed by atoms with Gasteiger partial charge in [-0.1, -0.05) is 95.1 Å². The summed E-state index contributed by atoms with van der Waals surface area (Å²) in [5.74, 6) is 0.778. The molecule has 0 fully saturated rings. The Bertz CT molecular complexity index is 206. The average Bonchev–Trinajstić information content (AvgIpc) is 2.35. The summed E-state index contributed by atoms with van der Waals surface area (Å²) in [4.78, 5) is 0. The molecule has 22 heavy (non-hydrogen) atoms. The molecule has 0 N–H and O–H groups in total. The van der Waals surface area contributed by atoms with Crippen molar-refractivity contribution in [3.8, 4) is 0 Å². The SMILES string of the molecule is C.C.C.C.C.C.C/C=C(/C)C(C)CC.CC/C(C)=C(/C)CC. The van der Waals surface area contributed by atoms with E-state index in [4.69, 9.17) is 0 Å². The highest BCUT2D eigenvalue weighted by atomic mass is 14.0. The van der Waals surface area contributed by atoms with Crippen LogP contribution in [0.1, 0.15) is 119 Å². The molecule has 0 aromatic heterocycles. The minimum Gasteiger partial charge on any atom is -0.0885 e. The second kappa shape index (κ2) is 32.4. The molecule has 144 valence electrons. The van der Waals surface area contributed by atoms with Gasteiger partial charge in [0.2, 0.25) is 0 Å². The Labute approximate surface area is 148 Å². The molecule has 0 saturated heterocycles. The predicted octanol–water partition coefficient (Wildman–Crippen LogP) is 9.96. The van der Waals surface area contributed by atoms with Crippen LogP contribution in [-0.4, -0.2) is 0 Å². The summed E-state index contributed by atoms with van der Waals surface area (Å²) in [6.07, 6.45) is 5.86. The van der Waals surface area contributed by atoms with E-state index in [1.807, 2.05) is 0 Å². The average molecular weight is 321 g/mol. The monoisotopic (exact) mass is 320 g/mol. The van der Waals surface area contributed by atoms with Crippen LogP contribution in [0, 0.1) is 5.92 Å². The van der Waals surface area contributed by atoms with Gasteiger partial charge in [-0.05, 0) is 52.9 Å². The maximum absolute atomic E-state index is 2.26. The maximum atomic E-state index is 2.26. The zero-order valence-electron chi connectivity index (χ0n) is 12.8. The fourth-order valence-corrected chi connectivity index (χ4v) is 1.21. The molecule has 0 amide bonds. The van der Waals surface area contributed by atoms with E-state index in [0.717, 1.165) is 5.92 Å². The zero-order chi connectivity index (χ0) is 13.1. The molecule has 1 unspecified atom stereocenters. The van der Waals surface area contributed by atoms with E-state index in [1.165, 1.54) is 24.8 Å². The van der Waals surface area contributed by atoms with Crippen molar-refractivity contribution >= 4 is 0 Å². The Morgan fingerprint density at radius 3 is 1.09 bits per heavy atom. The van der Waals surface area contributed by atoms with Gasteiger partial charge in [0.1, 0.15) is 0 Å². The van der Waals surface area contributed by atoms with Gasteiger partial charge in [-0.15, -0.1) is 0 Å². The molecule has 0 spiro atoms. The summed E-state index contributed by atoms with van der Waals surface area (Å²) < 4.78 is 0. The first-order chi connectivity index (χ1) is 7.44. The molecular formula is C22H56. The van der Waals surface area contributed by atoms with Crippen molar-refractivity contribution in [3.63, 3.8) is 0 Å². The first-order valence-corrected chi connectivity index (χ1v) is 6.72. The van der Waals surface area contributed by atoms with E-state index in [0.29, 0.717) is 0 Å². The summed E-state index contributed by atoms with van der Waals surface area (Å²) >= 11 is 0. The molecule has 0 heteroatoms. The first kappa shape index (κ1) is 49.6. The molecule has 0 aromatic rings.